The first-order valence-electron chi connectivity index (χ1n) is 13.7. The Bertz CT molecular complexity index is 1420. The summed E-state index contributed by atoms with van der Waals surface area (Å²) in [7, 11) is 0. The lowest BCUT2D eigenvalue weighted by molar-refractivity contribution is 0.0610. The van der Waals surface area contributed by atoms with Crippen LogP contribution in [-0.4, -0.2) is 47.9 Å². The van der Waals surface area contributed by atoms with E-state index in [2.05, 4.69) is 27.3 Å². The van der Waals surface area contributed by atoms with E-state index in [0.717, 1.165) is 63.0 Å². The van der Waals surface area contributed by atoms with Gasteiger partial charge in [-0.3, -0.25) is 14.6 Å². The van der Waals surface area contributed by atoms with E-state index in [4.69, 9.17) is 11.6 Å². The summed E-state index contributed by atoms with van der Waals surface area (Å²) < 4.78 is 14.4. The lowest BCUT2D eigenvalue weighted by Crippen LogP contribution is -2.44. The molecule has 2 amide bonds. The number of rotatable bonds is 4. The quantitative estimate of drug-likeness (QED) is 0.454. The Balaban J connectivity index is 1.12. The standard InChI is InChI=1S/C31H32ClFN4O2/c1-20-2-6-25(33)27(28(20)32)29(38)35-26-7-5-21-3-4-22(18-24(21)26)30(39)36-15-10-31(11-16-36)12-17-37(19-31)23-8-13-34-14-9-23/h2-4,6,8-9,13-14,18,26H,5,7,10-12,15-17,19H2,1H3,(H,35,38). The number of hydrogen-bond acceptors (Lipinski definition) is 4. The van der Waals surface area contributed by atoms with E-state index in [1.807, 2.05) is 35.5 Å². The molecule has 1 N–H and O–H groups in total. The van der Waals surface area contributed by atoms with Crippen LogP contribution < -0.4 is 10.2 Å². The fraction of sp³-hybridized carbons (Fsp3) is 0.387. The van der Waals surface area contributed by atoms with Crippen LogP contribution >= 0.6 is 11.6 Å². The van der Waals surface area contributed by atoms with Crippen LogP contribution in [0.15, 0.2) is 54.9 Å². The van der Waals surface area contributed by atoms with Gasteiger partial charge in [-0.2, -0.15) is 0 Å². The van der Waals surface area contributed by atoms with Crippen LogP contribution in [-0.2, 0) is 6.42 Å². The molecule has 1 atom stereocenters. The SMILES string of the molecule is Cc1ccc(F)c(C(=O)NC2CCc3ccc(C(=O)N4CCC5(CC4)CCN(c4ccncc4)C5)cc32)c1Cl. The lowest BCUT2D eigenvalue weighted by Gasteiger charge is -2.39. The highest BCUT2D eigenvalue weighted by molar-refractivity contribution is 6.34. The summed E-state index contributed by atoms with van der Waals surface area (Å²) in [4.78, 5) is 35.0. The van der Waals surface area contributed by atoms with Crippen LogP contribution in [0.25, 0.3) is 0 Å². The Morgan fingerprint density at radius 1 is 1.05 bits per heavy atom. The van der Waals surface area contributed by atoms with Crippen molar-refractivity contribution in [3.63, 3.8) is 0 Å². The zero-order chi connectivity index (χ0) is 27.1. The van der Waals surface area contributed by atoms with Crippen molar-refractivity contribution < 1.29 is 14.0 Å². The molecule has 8 heteroatoms. The number of amides is 2. The van der Waals surface area contributed by atoms with Crippen molar-refractivity contribution in [1.82, 2.24) is 15.2 Å². The number of aromatic nitrogens is 1. The van der Waals surface area contributed by atoms with Gasteiger partial charge >= 0.3 is 0 Å². The third-order valence-corrected chi connectivity index (χ3v) is 9.35. The fourth-order valence-electron chi connectivity index (χ4n) is 6.47. The Hall–Kier alpha value is -3.45. The first-order valence-corrected chi connectivity index (χ1v) is 14.0. The number of halogens is 2. The molecule has 3 aliphatic rings. The Morgan fingerprint density at radius 2 is 1.79 bits per heavy atom. The third-order valence-electron chi connectivity index (χ3n) is 8.86. The first-order chi connectivity index (χ1) is 18.8. The van der Waals surface area contributed by atoms with Gasteiger partial charge < -0.3 is 15.1 Å². The van der Waals surface area contributed by atoms with Gasteiger partial charge in [0.15, 0.2) is 0 Å². The smallest absolute Gasteiger partial charge is 0.256 e. The molecular formula is C31H32ClFN4O2. The summed E-state index contributed by atoms with van der Waals surface area (Å²) in [6, 6.07) is 12.5. The molecule has 3 aromatic rings. The maximum absolute atomic E-state index is 14.4. The summed E-state index contributed by atoms with van der Waals surface area (Å²) in [6.07, 6.45) is 8.29. The van der Waals surface area contributed by atoms with E-state index in [0.29, 0.717) is 17.5 Å². The van der Waals surface area contributed by atoms with Gasteiger partial charge in [0.05, 0.1) is 16.6 Å². The molecule has 1 unspecified atom stereocenters. The van der Waals surface area contributed by atoms with Gasteiger partial charge in [-0.15, -0.1) is 0 Å². The average Bonchev–Trinajstić information content (AvgIpc) is 3.55. The number of piperidine rings is 1. The van der Waals surface area contributed by atoms with Gasteiger partial charge in [0.25, 0.3) is 11.8 Å². The summed E-state index contributed by atoms with van der Waals surface area (Å²) in [6.45, 7) is 5.28. The van der Waals surface area contributed by atoms with Crippen LogP contribution in [0.2, 0.25) is 5.02 Å². The second kappa shape index (κ2) is 10.3. The largest absolute Gasteiger partial charge is 0.371 e. The van der Waals surface area contributed by atoms with E-state index in [1.54, 1.807) is 13.0 Å². The van der Waals surface area contributed by atoms with Gasteiger partial charge in [0, 0.05) is 49.8 Å². The molecule has 6 nitrogen and oxygen atoms in total. The number of fused-ring (bicyclic) bond motifs is 1. The summed E-state index contributed by atoms with van der Waals surface area (Å²) >= 11 is 6.26. The Morgan fingerprint density at radius 3 is 2.56 bits per heavy atom. The number of aryl methyl sites for hydroxylation is 2. The molecule has 1 aliphatic carbocycles. The molecule has 2 aromatic carbocycles. The number of anilines is 1. The minimum atomic E-state index is -0.640. The van der Waals surface area contributed by atoms with Crippen LogP contribution in [0.1, 0.15) is 69.1 Å². The van der Waals surface area contributed by atoms with Gasteiger partial charge in [0.2, 0.25) is 0 Å². The topological polar surface area (TPSA) is 65.5 Å². The first kappa shape index (κ1) is 25.8. The van der Waals surface area contributed by atoms with Crippen LogP contribution in [0, 0.1) is 18.2 Å². The van der Waals surface area contributed by atoms with Crippen molar-refractivity contribution in [2.75, 3.05) is 31.1 Å². The molecule has 1 spiro atoms. The van der Waals surface area contributed by atoms with Crippen molar-refractivity contribution in [3.05, 3.63) is 93.5 Å². The molecule has 2 aliphatic heterocycles. The van der Waals surface area contributed by atoms with Crippen LogP contribution in [0.4, 0.5) is 10.1 Å². The monoisotopic (exact) mass is 546 g/mol. The Kier molecular flexibility index (Phi) is 6.79. The summed E-state index contributed by atoms with van der Waals surface area (Å²) in [5.74, 6) is -1.14. The Labute approximate surface area is 233 Å². The number of pyridine rings is 1. The molecule has 202 valence electrons. The molecule has 6 rings (SSSR count). The molecular weight excluding hydrogens is 515 g/mol. The number of carbonyl (C=O) groups is 2. The van der Waals surface area contributed by atoms with Crippen LogP contribution in [0.5, 0.6) is 0 Å². The molecule has 0 bridgehead atoms. The summed E-state index contributed by atoms with van der Waals surface area (Å²) in [5, 5.41) is 3.09. The molecule has 2 fully saturated rings. The predicted molar refractivity (Wildman–Crippen MR) is 150 cm³/mol. The predicted octanol–water partition coefficient (Wildman–Crippen LogP) is 5.73. The van der Waals surface area contributed by atoms with E-state index >= 15 is 0 Å². The van der Waals surface area contributed by atoms with E-state index < -0.39 is 11.7 Å². The number of nitrogens with zero attached hydrogens (tertiary/aromatic N) is 3. The van der Waals surface area contributed by atoms with Gasteiger partial charge in [-0.25, -0.2) is 4.39 Å². The number of carbonyl (C=O) groups excluding carboxylic acids is 2. The number of benzene rings is 2. The minimum absolute atomic E-state index is 0.0291. The maximum atomic E-state index is 14.4. The van der Waals surface area contributed by atoms with E-state index in [1.165, 1.54) is 11.8 Å². The van der Waals surface area contributed by atoms with Crippen molar-refractivity contribution in [1.29, 1.82) is 0 Å². The molecule has 0 saturated carbocycles. The number of hydrogen-bond donors (Lipinski definition) is 1. The molecule has 2 saturated heterocycles. The van der Waals surface area contributed by atoms with Crippen molar-refractivity contribution in [3.8, 4) is 0 Å². The molecule has 0 radical (unpaired) electrons. The second-order valence-electron chi connectivity index (χ2n) is 11.2. The molecule has 3 heterocycles. The highest BCUT2D eigenvalue weighted by Gasteiger charge is 2.41. The second-order valence-corrected chi connectivity index (χ2v) is 11.6. The highest BCUT2D eigenvalue weighted by atomic mass is 35.5. The van der Waals surface area contributed by atoms with E-state index in [-0.39, 0.29) is 28.0 Å². The third kappa shape index (κ3) is 4.89. The molecule has 1 aromatic heterocycles. The lowest BCUT2D eigenvalue weighted by atomic mass is 9.77. The maximum Gasteiger partial charge on any atom is 0.256 e. The molecule has 39 heavy (non-hydrogen) atoms. The van der Waals surface area contributed by atoms with Crippen LogP contribution in [0.3, 0.4) is 0 Å². The van der Waals surface area contributed by atoms with Gasteiger partial charge in [-0.05, 0) is 91.5 Å². The van der Waals surface area contributed by atoms with E-state index in [9.17, 15) is 14.0 Å². The number of likely N-dealkylation sites (tertiary alicyclic amines) is 1. The highest BCUT2D eigenvalue weighted by Crippen LogP contribution is 2.42. The van der Waals surface area contributed by atoms with Crippen molar-refractivity contribution >= 4 is 29.1 Å². The zero-order valence-corrected chi connectivity index (χ0v) is 22.8. The minimum Gasteiger partial charge on any atom is -0.371 e. The van der Waals surface area contributed by atoms with Gasteiger partial charge in [-0.1, -0.05) is 23.7 Å². The fourth-order valence-corrected chi connectivity index (χ4v) is 6.70. The summed E-state index contributed by atoms with van der Waals surface area (Å²) in [5.41, 5.74) is 4.65. The number of nitrogens with one attached hydrogen (secondary N) is 1. The normalized spacial score (nSPS) is 19.8. The zero-order valence-electron chi connectivity index (χ0n) is 22.1. The van der Waals surface area contributed by atoms with Crippen molar-refractivity contribution in [2.24, 2.45) is 5.41 Å². The average molecular weight is 547 g/mol. The van der Waals surface area contributed by atoms with Gasteiger partial charge in [0.1, 0.15) is 5.82 Å². The van der Waals surface area contributed by atoms with Crippen molar-refractivity contribution in [2.45, 2.75) is 45.1 Å².